The number of likely N-dealkylation sites (tertiary alicyclic amines) is 1. The van der Waals surface area contributed by atoms with Crippen LogP contribution in [0.25, 0.3) is 11.1 Å². The minimum Gasteiger partial charge on any atom is -0.504 e. The van der Waals surface area contributed by atoms with Gasteiger partial charge in [-0.05, 0) is 54.8 Å². The first-order valence-corrected chi connectivity index (χ1v) is 8.31. The van der Waals surface area contributed by atoms with Crippen LogP contribution in [0.5, 0.6) is 11.5 Å². The molecular weight excluding hydrogens is 331 g/mol. The van der Waals surface area contributed by atoms with Gasteiger partial charge in [0.15, 0.2) is 11.5 Å². The molecule has 1 saturated heterocycles. The fourth-order valence-corrected chi connectivity index (χ4v) is 3.08. The van der Waals surface area contributed by atoms with Crippen molar-refractivity contribution in [1.82, 2.24) is 4.90 Å². The molecule has 1 aliphatic heterocycles. The van der Waals surface area contributed by atoms with Crippen LogP contribution in [0.3, 0.4) is 0 Å². The topological polar surface area (TPSA) is 32.7 Å². The fourth-order valence-electron chi connectivity index (χ4n) is 3.08. The lowest BCUT2D eigenvalue weighted by molar-refractivity contribution is -0.275. The number of hydrogen-bond donors (Lipinski definition) is 1. The number of hydrogen-bond acceptors (Lipinski definition) is 3. The van der Waals surface area contributed by atoms with E-state index in [1.165, 1.54) is 37.0 Å². The summed E-state index contributed by atoms with van der Waals surface area (Å²) in [5, 5.41) is 9.54. The second kappa shape index (κ2) is 7.35. The lowest BCUT2D eigenvalue weighted by Gasteiger charge is -2.26. The van der Waals surface area contributed by atoms with Crippen molar-refractivity contribution in [3.63, 3.8) is 0 Å². The molecule has 0 saturated carbocycles. The molecule has 2 aromatic carbocycles. The largest absolute Gasteiger partial charge is 0.573 e. The second-order valence-electron chi connectivity index (χ2n) is 6.26. The zero-order chi connectivity index (χ0) is 17.9. The minimum atomic E-state index is -4.84. The van der Waals surface area contributed by atoms with E-state index in [-0.39, 0.29) is 0 Å². The summed E-state index contributed by atoms with van der Waals surface area (Å²) in [4.78, 5) is 2.41. The minimum absolute atomic E-state index is 0.539. The van der Waals surface area contributed by atoms with Crippen LogP contribution in [0.4, 0.5) is 13.2 Å². The Bertz CT molecular complexity index is 708. The Kier molecular flexibility index (Phi) is 5.18. The van der Waals surface area contributed by atoms with E-state index in [1.807, 2.05) is 24.3 Å². The highest BCUT2D eigenvalue weighted by atomic mass is 19.4. The normalized spacial score (nSPS) is 16.0. The molecule has 1 aliphatic rings. The van der Waals surface area contributed by atoms with Crippen molar-refractivity contribution in [3.8, 4) is 22.6 Å². The van der Waals surface area contributed by atoms with Crippen molar-refractivity contribution in [2.24, 2.45) is 0 Å². The first-order valence-electron chi connectivity index (χ1n) is 8.31. The van der Waals surface area contributed by atoms with E-state index in [4.69, 9.17) is 0 Å². The average Bonchev–Trinajstić information content (AvgIpc) is 2.57. The average molecular weight is 351 g/mol. The van der Waals surface area contributed by atoms with Gasteiger partial charge in [-0.2, -0.15) is 0 Å². The van der Waals surface area contributed by atoms with Gasteiger partial charge in [-0.3, -0.25) is 4.90 Å². The number of rotatable bonds is 4. The van der Waals surface area contributed by atoms with Crippen LogP contribution in [0.2, 0.25) is 0 Å². The van der Waals surface area contributed by atoms with Gasteiger partial charge in [-0.15, -0.1) is 13.2 Å². The molecule has 134 valence electrons. The highest BCUT2D eigenvalue weighted by Crippen LogP contribution is 2.35. The molecule has 0 atom stereocenters. The Morgan fingerprint density at radius 2 is 1.56 bits per heavy atom. The maximum Gasteiger partial charge on any atom is 0.573 e. The molecule has 3 rings (SSSR count). The van der Waals surface area contributed by atoms with E-state index < -0.39 is 17.9 Å². The maximum atomic E-state index is 12.4. The molecule has 3 nitrogen and oxygen atoms in total. The zero-order valence-corrected chi connectivity index (χ0v) is 13.7. The number of phenolic OH excluding ortho intramolecular Hbond substituents is 1. The van der Waals surface area contributed by atoms with Gasteiger partial charge in [-0.1, -0.05) is 36.8 Å². The first-order chi connectivity index (χ1) is 11.9. The van der Waals surface area contributed by atoms with Crippen LogP contribution in [-0.4, -0.2) is 29.5 Å². The van der Waals surface area contributed by atoms with E-state index in [0.29, 0.717) is 5.56 Å². The molecule has 1 heterocycles. The van der Waals surface area contributed by atoms with Crippen molar-refractivity contribution >= 4 is 0 Å². The molecule has 6 heteroatoms. The number of phenols is 1. The predicted octanol–water partition coefficient (Wildman–Crippen LogP) is 4.94. The van der Waals surface area contributed by atoms with Crippen LogP contribution in [0.1, 0.15) is 24.8 Å². The summed E-state index contributed by atoms with van der Waals surface area (Å²) in [5.74, 6) is -1.13. The molecule has 0 aromatic heterocycles. The summed E-state index contributed by atoms with van der Waals surface area (Å²) in [6.45, 7) is 3.11. The number of benzene rings is 2. The van der Waals surface area contributed by atoms with Gasteiger partial charge in [0.05, 0.1) is 0 Å². The van der Waals surface area contributed by atoms with E-state index >= 15 is 0 Å². The monoisotopic (exact) mass is 351 g/mol. The molecule has 0 aliphatic carbocycles. The third-order valence-electron chi connectivity index (χ3n) is 4.33. The van der Waals surface area contributed by atoms with Crippen molar-refractivity contribution < 1.29 is 23.0 Å². The highest BCUT2D eigenvalue weighted by Gasteiger charge is 2.32. The molecular formula is C19H20F3NO2. The Labute approximate surface area is 144 Å². The summed E-state index contributed by atoms with van der Waals surface area (Å²) in [6, 6.07) is 11.7. The Balaban J connectivity index is 1.74. The molecule has 1 N–H and O–H groups in total. The van der Waals surface area contributed by atoms with Crippen LogP contribution in [0.15, 0.2) is 42.5 Å². The molecule has 0 unspecified atom stereocenters. The van der Waals surface area contributed by atoms with Gasteiger partial charge < -0.3 is 9.84 Å². The SMILES string of the molecule is Oc1ccc(-c2ccc(CN3CCCCC3)cc2)cc1OC(F)(F)F. The van der Waals surface area contributed by atoms with Crippen molar-refractivity contribution in [3.05, 3.63) is 48.0 Å². The van der Waals surface area contributed by atoms with Crippen LogP contribution >= 0.6 is 0 Å². The summed E-state index contributed by atoms with van der Waals surface area (Å²) < 4.78 is 41.0. The zero-order valence-electron chi connectivity index (χ0n) is 13.7. The lowest BCUT2D eigenvalue weighted by atomic mass is 10.0. The number of halogens is 3. The molecule has 25 heavy (non-hydrogen) atoms. The lowest BCUT2D eigenvalue weighted by Crippen LogP contribution is -2.28. The van der Waals surface area contributed by atoms with Gasteiger partial charge in [0, 0.05) is 6.54 Å². The third kappa shape index (κ3) is 4.89. The van der Waals surface area contributed by atoms with Crippen LogP contribution in [-0.2, 0) is 6.54 Å². The van der Waals surface area contributed by atoms with Crippen molar-refractivity contribution in [1.29, 1.82) is 0 Å². The Morgan fingerprint density at radius 3 is 2.20 bits per heavy atom. The van der Waals surface area contributed by atoms with Gasteiger partial charge in [-0.25, -0.2) is 0 Å². The summed E-state index contributed by atoms with van der Waals surface area (Å²) in [5.41, 5.74) is 2.51. The number of nitrogens with zero attached hydrogens (tertiary/aromatic N) is 1. The highest BCUT2D eigenvalue weighted by molar-refractivity contribution is 5.67. The smallest absolute Gasteiger partial charge is 0.504 e. The molecule has 1 fully saturated rings. The summed E-state index contributed by atoms with van der Waals surface area (Å²) >= 11 is 0. The van der Waals surface area contributed by atoms with E-state index in [2.05, 4.69) is 9.64 Å². The van der Waals surface area contributed by atoms with Crippen molar-refractivity contribution in [2.45, 2.75) is 32.2 Å². The standard InChI is InChI=1S/C19H20F3NO2/c20-19(21,22)25-18-12-16(8-9-17(18)24)15-6-4-14(5-7-15)13-23-10-2-1-3-11-23/h4-9,12,24H,1-3,10-11,13H2. The van der Waals surface area contributed by atoms with Gasteiger partial charge in [0.25, 0.3) is 0 Å². The second-order valence-corrected chi connectivity index (χ2v) is 6.26. The number of aromatic hydroxyl groups is 1. The van der Waals surface area contributed by atoms with Crippen LogP contribution in [0, 0.1) is 0 Å². The fraction of sp³-hybridized carbons (Fsp3) is 0.368. The van der Waals surface area contributed by atoms with Crippen molar-refractivity contribution in [2.75, 3.05) is 13.1 Å². The number of piperidine rings is 1. The third-order valence-corrected chi connectivity index (χ3v) is 4.33. The first kappa shape index (κ1) is 17.6. The molecule has 0 spiro atoms. The van der Waals surface area contributed by atoms with E-state index in [0.717, 1.165) is 25.2 Å². The molecule has 0 radical (unpaired) electrons. The molecule has 0 bridgehead atoms. The Morgan fingerprint density at radius 1 is 0.920 bits per heavy atom. The molecule has 2 aromatic rings. The summed E-state index contributed by atoms with van der Waals surface area (Å²) in [7, 11) is 0. The molecule has 0 amide bonds. The quantitative estimate of drug-likeness (QED) is 0.846. The number of alkyl halides is 3. The van der Waals surface area contributed by atoms with Gasteiger partial charge >= 0.3 is 6.36 Å². The van der Waals surface area contributed by atoms with Gasteiger partial charge in [0.1, 0.15) is 0 Å². The van der Waals surface area contributed by atoms with Gasteiger partial charge in [0.2, 0.25) is 0 Å². The summed E-state index contributed by atoms with van der Waals surface area (Å²) in [6.07, 6.45) is -1.09. The van der Waals surface area contributed by atoms with E-state index in [9.17, 15) is 18.3 Å². The Hall–Kier alpha value is -2.21. The maximum absolute atomic E-state index is 12.4. The van der Waals surface area contributed by atoms with E-state index in [1.54, 1.807) is 6.07 Å². The predicted molar refractivity (Wildman–Crippen MR) is 89.4 cm³/mol. The number of ether oxygens (including phenoxy) is 1. The van der Waals surface area contributed by atoms with Crippen LogP contribution < -0.4 is 4.74 Å².